The Labute approximate surface area is 74.8 Å². The van der Waals surface area contributed by atoms with Crippen molar-refractivity contribution in [3.05, 3.63) is 35.4 Å². The number of pyridine rings is 1. The molecule has 0 aromatic carbocycles. The third kappa shape index (κ3) is 0.983. The molecule has 0 radical (unpaired) electrons. The highest BCUT2D eigenvalue weighted by Gasteiger charge is 2.02. The van der Waals surface area contributed by atoms with Gasteiger partial charge >= 0.3 is 0 Å². The monoisotopic (exact) mass is 181 g/mol. The van der Waals surface area contributed by atoms with Gasteiger partial charge < -0.3 is 10.1 Å². The van der Waals surface area contributed by atoms with Crippen molar-refractivity contribution in [3.63, 3.8) is 0 Å². The molecular formula is C8H8ClN3. The zero-order chi connectivity index (χ0) is 8.55. The van der Waals surface area contributed by atoms with E-state index >= 15 is 0 Å². The molecule has 0 saturated carbocycles. The molecule has 0 aliphatic rings. The van der Waals surface area contributed by atoms with E-state index < -0.39 is 0 Å². The number of hydrogen-bond donors (Lipinski definition) is 1. The van der Waals surface area contributed by atoms with Gasteiger partial charge in [0.25, 0.3) is 0 Å². The van der Waals surface area contributed by atoms with Crippen molar-refractivity contribution in [2.24, 2.45) is 5.73 Å². The van der Waals surface area contributed by atoms with E-state index in [0.29, 0.717) is 11.7 Å². The van der Waals surface area contributed by atoms with Gasteiger partial charge in [0.05, 0.1) is 5.52 Å². The Morgan fingerprint density at radius 2 is 2.33 bits per heavy atom. The van der Waals surface area contributed by atoms with Crippen LogP contribution in [0, 0.1) is 0 Å². The van der Waals surface area contributed by atoms with E-state index in [1.807, 2.05) is 22.6 Å². The standard InChI is InChI=1S/C8H8ClN3/c9-8-7-3-1-2-6(4-10)12(7)5-11-8/h1-3,5H,4,10H2. The van der Waals surface area contributed by atoms with Crippen LogP contribution in [-0.2, 0) is 6.54 Å². The average molecular weight is 182 g/mol. The molecule has 2 rings (SSSR count). The largest absolute Gasteiger partial charge is 0.325 e. The van der Waals surface area contributed by atoms with E-state index in [-0.39, 0.29) is 0 Å². The van der Waals surface area contributed by atoms with E-state index in [9.17, 15) is 0 Å². The van der Waals surface area contributed by atoms with Crippen molar-refractivity contribution in [2.45, 2.75) is 6.54 Å². The normalized spacial score (nSPS) is 10.8. The van der Waals surface area contributed by atoms with Crippen molar-refractivity contribution < 1.29 is 0 Å². The number of fused-ring (bicyclic) bond motifs is 1. The molecule has 62 valence electrons. The fourth-order valence-corrected chi connectivity index (χ4v) is 1.41. The first kappa shape index (κ1) is 7.58. The molecule has 0 fully saturated rings. The van der Waals surface area contributed by atoms with Crippen molar-refractivity contribution in [1.82, 2.24) is 9.38 Å². The molecule has 0 bridgehead atoms. The SMILES string of the molecule is NCc1cccc2c(Cl)ncn12. The first-order valence-electron chi connectivity index (χ1n) is 3.63. The molecule has 0 unspecified atom stereocenters. The highest BCUT2D eigenvalue weighted by atomic mass is 35.5. The summed E-state index contributed by atoms with van der Waals surface area (Å²) in [4.78, 5) is 3.98. The number of imidazole rings is 1. The summed E-state index contributed by atoms with van der Waals surface area (Å²) in [5.74, 6) is 0. The summed E-state index contributed by atoms with van der Waals surface area (Å²) in [7, 11) is 0. The molecular weight excluding hydrogens is 174 g/mol. The maximum absolute atomic E-state index is 5.83. The lowest BCUT2D eigenvalue weighted by Crippen LogP contribution is -2.02. The van der Waals surface area contributed by atoms with Crippen LogP contribution >= 0.6 is 11.6 Å². The van der Waals surface area contributed by atoms with Crippen molar-refractivity contribution >= 4 is 17.1 Å². The van der Waals surface area contributed by atoms with Gasteiger partial charge in [-0.05, 0) is 12.1 Å². The second-order valence-electron chi connectivity index (χ2n) is 2.51. The molecule has 0 spiro atoms. The summed E-state index contributed by atoms with van der Waals surface area (Å²) in [6, 6.07) is 5.78. The first-order chi connectivity index (χ1) is 5.83. The second kappa shape index (κ2) is 2.77. The van der Waals surface area contributed by atoms with Crippen molar-refractivity contribution in [2.75, 3.05) is 0 Å². The molecule has 0 aliphatic carbocycles. The molecule has 0 aliphatic heterocycles. The lowest BCUT2D eigenvalue weighted by atomic mass is 10.3. The molecule has 2 N–H and O–H groups in total. The van der Waals surface area contributed by atoms with Gasteiger partial charge in [-0.15, -0.1) is 0 Å². The number of hydrogen-bond acceptors (Lipinski definition) is 2. The summed E-state index contributed by atoms with van der Waals surface area (Å²) in [6.07, 6.45) is 1.68. The molecule has 12 heavy (non-hydrogen) atoms. The number of rotatable bonds is 1. The summed E-state index contributed by atoms with van der Waals surface area (Å²) >= 11 is 5.83. The number of aromatic nitrogens is 2. The fourth-order valence-electron chi connectivity index (χ4n) is 1.21. The molecule has 2 heterocycles. The molecule has 2 aromatic heterocycles. The molecule has 0 atom stereocenters. The van der Waals surface area contributed by atoms with Crippen molar-refractivity contribution in [3.8, 4) is 0 Å². The van der Waals surface area contributed by atoms with Crippen LogP contribution in [0.25, 0.3) is 5.52 Å². The van der Waals surface area contributed by atoms with Crippen LogP contribution in [0.15, 0.2) is 24.5 Å². The Balaban J connectivity index is 2.81. The smallest absolute Gasteiger partial charge is 0.154 e. The Hall–Kier alpha value is -1.06. The first-order valence-corrected chi connectivity index (χ1v) is 4.01. The quantitative estimate of drug-likeness (QED) is 0.724. The van der Waals surface area contributed by atoms with Gasteiger partial charge in [0.1, 0.15) is 6.33 Å². The van der Waals surface area contributed by atoms with Crippen LogP contribution in [0.2, 0.25) is 5.15 Å². The lowest BCUT2D eigenvalue weighted by molar-refractivity contribution is 0.941. The molecule has 3 nitrogen and oxygen atoms in total. The minimum absolute atomic E-state index is 0.490. The molecule has 2 aromatic rings. The zero-order valence-electron chi connectivity index (χ0n) is 6.37. The summed E-state index contributed by atoms with van der Waals surface area (Å²) in [5, 5.41) is 0.519. The maximum atomic E-state index is 5.83. The third-order valence-corrected chi connectivity index (χ3v) is 2.11. The van der Waals surface area contributed by atoms with Crippen LogP contribution in [0.4, 0.5) is 0 Å². The van der Waals surface area contributed by atoms with Crippen LogP contribution in [-0.4, -0.2) is 9.38 Å². The zero-order valence-corrected chi connectivity index (χ0v) is 7.12. The Kier molecular flexibility index (Phi) is 1.75. The number of nitrogens with two attached hydrogens (primary N) is 1. The Bertz CT molecular complexity index is 408. The average Bonchev–Trinajstić information content (AvgIpc) is 2.48. The summed E-state index contributed by atoms with van der Waals surface area (Å²) in [5.41, 5.74) is 7.44. The van der Waals surface area contributed by atoms with E-state index in [1.165, 1.54) is 0 Å². The maximum Gasteiger partial charge on any atom is 0.154 e. The summed E-state index contributed by atoms with van der Waals surface area (Å²) < 4.78 is 1.89. The van der Waals surface area contributed by atoms with E-state index in [2.05, 4.69) is 4.98 Å². The Morgan fingerprint density at radius 1 is 1.50 bits per heavy atom. The fraction of sp³-hybridized carbons (Fsp3) is 0.125. The van der Waals surface area contributed by atoms with E-state index in [4.69, 9.17) is 17.3 Å². The van der Waals surface area contributed by atoms with Gasteiger partial charge in [0.2, 0.25) is 0 Å². The van der Waals surface area contributed by atoms with Crippen LogP contribution in [0.5, 0.6) is 0 Å². The molecule has 0 amide bonds. The number of nitrogens with zero attached hydrogens (tertiary/aromatic N) is 2. The molecule has 0 saturated heterocycles. The minimum atomic E-state index is 0.490. The van der Waals surface area contributed by atoms with Crippen LogP contribution in [0.3, 0.4) is 0 Å². The van der Waals surface area contributed by atoms with Gasteiger partial charge in [-0.2, -0.15) is 0 Å². The predicted octanol–water partition coefficient (Wildman–Crippen LogP) is 1.45. The van der Waals surface area contributed by atoms with Crippen molar-refractivity contribution in [1.29, 1.82) is 0 Å². The van der Waals surface area contributed by atoms with Gasteiger partial charge in [-0.25, -0.2) is 4.98 Å². The lowest BCUT2D eigenvalue weighted by Gasteiger charge is -2.00. The highest BCUT2D eigenvalue weighted by molar-refractivity contribution is 6.32. The van der Waals surface area contributed by atoms with E-state index in [1.54, 1.807) is 6.33 Å². The van der Waals surface area contributed by atoms with Gasteiger partial charge in [0.15, 0.2) is 5.15 Å². The van der Waals surface area contributed by atoms with Crippen LogP contribution in [0.1, 0.15) is 5.69 Å². The predicted molar refractivity (Wildman–Crippen MR) is 48.1 cm³/mol. The highest BCUT2D eigenvalue weighted by Crippen LogP contribution is 2.16. The summed E-state index contributed by atoms with van der Waals surface area (Å²) in [6.45, 7) is 0.490. The Morgan fingerprint density at radius 3 is 3.08 bits per heavy atom. The van der Waals surface area contributed by atoms with Crippen LogP contribution < -0.4 is 5.73 Å². The molecule has 4 heteroatoms. The number of halogens is 1. The van der Waals surface area contributed by atoms with Gasteiger partial charge in [0, 0.05) is 12.2 Å². The van der Waals surface area contributed by atoms with Gasteiger partial charge in [-0.1, -0.05) is 17.7 Å². The van der Waals surface area contributed by atoms with Gasteiger partial charge in [-0.3, -0.25) is 0 Å². The topological polar surface area (TPSA) is 43.3 Å². The van der Waals surface area contributed by atoms with E-state index in [0.717, 1.165) is 11.2 Å². The minimum Gasteiger partial charge on any atom is -0.325 e. The second-order valence-corrected chi connectivity index (χ2v) is 2.87. The third-order valence-electron chi connectivity index (χ3n) is 1.82.